The molecule has 1 aromatic heterocycles. The number of fused-ring (bicyclic) bond motifs is 1. The quantitative estimate of drug-likeness (QED) is 0.797. The van der Waals surface area contributed by atoms with Gasteiger partial charge in [0.05, 0.1) is 25.9 Å². The van der Waals surface area contributed by atoms with E-state index < -0.39 is 0 Å². The molecule has 1 aromatic carbocycles. The van der Waals surface area contributed by atoms with Crippen molar-refractivity contribution in [3.8, 4) is 0 Å². The molecule has 3 atom stereocenters. The van der Waals surface area contributed by atoms with E-state index in [4.69, 9.17) is 13.9 Å². The molecule has 2 aliphatic heterocycles. The molecule has 7 nitrogen and oxygen atoms in total. The Balaban J connectivity index is 1.33. The van der Waals surface area contributed by atoms with Gasteiger partial charge in [-0.3, -0.25) is 4.90 Å². The molecule has 2 fully saturated rings. The zero-order chi connectivity index (χ0) is 19.3. The van der Waals surface area contributed by atoms with Crippen molar-refractivity contribution in [1.82, 2.24) is 15.5 Å². The molecule has 0 bridgehead atoms. The second-order valence-electron chi connectivity index (χ2n) is 7.60. The molecule has 7 heteroatoms. The van der Waals surface area contributed by atoms with Crippen LogP contribution in [0, 0.1) is 5.92 Å². The summed E-state index contributed by atoms with van der Waals surface area (Å²) < 4.78 is 16.9. The van der Waals surface area contributed by atoms with Crippen molar-refractivity contribution < 1.29 is 18.7 Å². The van der Waals surface area contributed by atoms with Crippen molar-refractivity contribution in [2.45, 2.75) is 25.4 Å². The highest BCUT2D eigenvalue weighted by Gasteiger charge is 2.31. The first-order valence-electron chi connectivity index (χ1n) is 10.1. The van der Waals surface area contributed by atoms with Gasteiger partial charge in [0.15, 0.2) is 0 Å². The Bertz CT molecular complexity index is 748. The number of ether oxygens (including phenoxy) is 2. The fourth-order valence-electron chi connectivity index (χ4n) is 4.09. The molecule has 0 aliphatic carbocycles. The van der Waals surface area contributed by atoms with Gasteiger partial charge in [0.1, 0.15) is 11.3 Å². The summed E-state index contributed by atoms with van der Waals surface area (Å²) in [4.78, 5) is 14.9. The van der Waals surface area contributed by atoms with Gasteiger partial charge in [0.25, 0.3) is 0 Å². The molecule has 2 aliphatic rings. The van der Waals surface area contributed by atoms with Crippen LogP contribution in [0.2, 0.25) is 0 Å². The van der Waals surface area contributed by atoms with Crippen molar-refractivity contribution in [2.24, 2.45) is 5.92 Å². The highest BCUT2D eigenvalue weighted by molar-refractivity contribution is 5.78. The van der Waals surface area contributed by atoms with Crippen LogP contribution in [0.1, 0.15) is 25.1 Å². The van der Waals surface area contributed by atoms with Crippen LogP contribution in [0.25, 0.3) is 11.0 Å². The number of para-hydroxylation sites is 1. The monoisotopic (exact) mass is 387 g/mol. The maximum atomic E-state index is 12.5. The first kappa shape index (κ1) is 19.2. The number of hydrogen-bond donors (Lipinski definition) is 2. The number of carbonyl (C=O) groups excluding carboxylic acids is 1. The summed E-state index contributed by atoms with van der Waals surface area (Å²) in [5.74, 6) is 1.21. The molecule has 0 spiro atoms. The number of rotatable bonds is 6. The molecular weight excluding hydrogens is 358 g/mol. The van der Waals surface area contributed by atoms with Gasteiger partial charge in [-0.15, -0.1) is 0 Å². The van der Waals surface area contributed by atoms with E-state index in [0.29, 0.717) is 12.5 Å². The summed E-state index contributed by atoms with van der Waals surface area (Å²) in [5.41, 5.74) is 0.833. The molecule has 0 unspecified atom stereocenters. The second kappa shape index (κ2) is 8.94. The third-order valence-electron chi connectivity index (χ3n) is 5.71. The number of nitrogens with one attached hydrogen (secondary N) is 2. The first-order chi connectivity index (χ1) is 13.7. The van der Waals surface area contributed by atoms with Crippen LogP contribution in [0.4, 0.5) is 4.79 Å². The fraction of sp³-hybridized carbons (Fsp3) is 0.571. The summed E-state index contributed by atoms with van der Waals surface area (Å²) in [6.45, 7) is 7.41. The molecule has 2 amide bonds. The van der Waals surface area contributed by atoms with Crippen LogP contribution in [0.15, 0.2) is 34.7 Å². The van der Waals surface area contributed by atoms with Crippen molar-refractivity contribution in [3.63, 3.8) is 0 Å². The van der Waals surface area contributed by atoms with E-state index in [0.717, 1.165) is 62.7 Å². The Kier molecular flexibility index (Phi) is 6.14. The van der Waals surface area contributed by atoms with Crippen molar-refractivity contribution in [1.29, 1.82) is 0 Å². The Morgan fingerprint density at radius 1 is 1.21 bits per heavy atom. The van der Waals surface area contributed by atoms with Gasteiger partial charge in [0, 0.05) is 43.6 Å². The maximum Gasteiger partial charge on any atom is 0.315 e. The van der Waals surface area contributed by atoms with Gasteiger partial charge in [-0.05, 0) is 25.5 Å². The van der Waals surface area contributed by atoms with Crippen molar-refractivity contribution in [2.75, 3.05) is 46.1 Å². The lowest BCUT2D eigenvalue weighted by Gasteiger charge is -2.37. The van der Waals surface area contributed by atoms with Crippen LogP contribution in [0.3, 0.4) is 0 Å². The molecule has 28 heavy (non-hydrogen) atoms. The van der Waals surface area contributed by atoms with Gasteiger partial charge in [-0.1, -0.05) is 18.2 Å². The summed E-state index contributed by atoms with van der Waals surface area (Å²) in [5, 5.41) is 7.09. The van der Waals surface area contributed by atoms with E-state index in [2.05, 4.69) is 15.5 Å². The number of nitrogens with zero attached hydrogens (tertiary/aromatic N) is 1. The van der Waals surface area contributed by atoms with E-state index in [-0.39, 0.29) is 18.1 Å². The van der Waals surface area contributed by atoms with E-state index in [1.54, 1.807) is 0 Å². The lowest BCUT2D eigenvalue weighted by molar-refractivity contribution is 0.00211. The molecule has 2 N–H and O–H groups in total. The lowest BCUT2D eigenvalue weighted by atomic mass is 9.97. The molecule has 0 saturated carbocycles. The standard InChI is InChI=1S/C21H29N3O4/c1-15(20-12-16-4-2-3-5-19(16)28-20)23-21(25)22-13-18(17-6-9-27-14-17)24-7-10-26-11-8-24/h2-5,12,15,17-18H,6-11,13-14H2,1H3,(H2,22,23,25)/t15-,17-,18-/m0/s1. The summed E-state index contributed by atoms with van der Waals surface area (Å²) in [6, 6.07) is 9.73. The Labute approximate surface area is 165 Å². The number of urea groups is 1. The summed E-state index contributed by atoms with van der Waals surface area (Å²) >= 11 is 0. The molecule has 4 rings (SSSR count). The van der Waals surface area contributed by atoms with E-state index in [1.807, 2.05) is 37.3 Å². The first-order valence-corrected chi connectivity index (χ1v) is 10.1. The highest BCUT2D eigenvalue weighted by Crippen LogP contribution is 2.24. The second-order valence-corrected chi connectivity index (χ2v) is 7.60. The van der Waals surface area contributed by atoms with Gasteiger partial charge in [-0.25, -0.2) is 4.79 Å². The van der Waals surface area contributed by atoms with Gasteiger partial charge >= 0.3 is 6.03 Å². The number of carbonyl (C=O) groups is 1. The predicted molar refractivity (Wildman–Crippen MR) is 106 cm³/mol. The minimum atomic E-state index is -0.205. The molecule has 0 radical (unpaired) electrons. The van der Waals surface area contributed by atoms with Crippen LogP contribution in [-0.4, -0.2) is 63.0 Å². The van der Waals surface area contributed by atoms with Crippen LogP contribution >= 0.6 is 0 Å². The fourth-order valence-corrected chi connectivity index (χ4v) is 4.09. The highest BCUT2D eigenvalue weighted by atomic mass is 16.5. The van der Waals surface area contributed by atoms with E-state index >= 15 is 0 Å². The van der Waals surface area contributed by atoms with Gasteiger partial charge in [-0.2, -0.15) is 0 Å². The minimum absolute atomic E-state index is 0.176. The average molecular weight is 387 g/mol. The van der Waals surface area contributed by atoms with E-state index in [9.17, 15) is 4.79 Å². The van der Waals surface area contributed by atoms with Gasteiger partial charge in [0.2, 0.25) is 0 Å². The normalized spacial score (nSPS) is 22.8. The Hall–Kier alpha value is -2.09. The van der Waals surface area contributed by atoms with Crippen LogP contribution < -0.4 is 10.6 Å². The van der Waals surface area contributed by atoms with E-state index in [1.165, 1.54) is 0 Å². The third kappa shape index (κ3) is 4.48. The van der Waals surface area contributed by atoms with Crippen LogP contribution in [-0.2, 0) is 9.47 Å². The molecular formula is C21H29N3O4. The van der Waals surface area contributed by atoms with Crippen LogP contribution in [0.5, 0.6) is 0 Å². The van der Waals surface area contributed by atoms with Crippen molar-refractivity contribution in [3.05, 3.63) is 36.1 Å². The smallest absolute Gasteiger partial charge is 0.315 e. The molecule has 152 valence electrons. The Morgan fingerprint density at radius 2 is 2.04 bits per heavy atom. The zero-order valence-corrected chi connectivity index (χ0v) is 16.4. The summed E-state index contributed by atoms with van der Waals surface area (Å²) in [6.07, 6.45) is 1.04. The molecule has 2 saturated heterocycles. The number of morpholine rings is 1. The molecule has 3 heterocycles. The predicted octanol–water partition coefficient (Wildman–Crippen LogP) is 2.53. The minimum Gasteiger partial charge on any atom is -0.459 e. The largest absolute Gasteiger partial charge is 0.459 e. The zero-order valence-electron chi connectivity index (χ0n) is 16.4. The topological polar surface area (TPSA) is 76.0 Å². The lowest BCUT2D eigenvalue weighted by Crippen LogP contribution is -2.53. The number of furan rings is 1. The Morgan fingerprint density at radius 3 is 2.79 bits per heavy atom. The molecule has 2 aromatic rings. The van der Waals surface area contributed by atoms with Gasteiger partial charge < -0.3 is 24.5 Å². The SMILES string of the molecule is C[C@H](NC(=O)NC[C@@H]([C@H]1CCOC1)N1CCOCC1)c1cc2ccccc2o1. The number of benzene rings is 1. The maximum absolute atomic E-state index is 12.5. The number of hydrogen-bond acceptors (Lipinski definition) is 5. The van der Waals surface area contributed by atoms with Crippen molar-refractivity contribution >= 4 is 17.0 Å². The summed E-state index contributed by atoms with van der Waals surface area (Å²) in [7, 11) is 0. The number of amides is 2. The third-order valence-corrected chi connectivity index (χ3v) is 5.71. The average Bonchev–Trinajstić information content (AvgIpc) is 3.39.